The molecule has 3 rings (SSSR count). The van der Waals surface area contributed by atoms with Gasteiger partial charge >= 0.3 is 0 Å². The smallest absolute Gasteiger partial charge is 0.270 e. The van der Waals surface area contributed by atoms with Gasteiger partial charge in [-0.15, -0.1) is 0 Å². The van der Waals surface area contributed by atoms with Crippen LogP contribution in [0.4, 0.5) is 5.69 Å². The van der Waals surface area contributed by atoms with Gasteiger partial charge in [-0.05, 0) is 35.8 Å². The zero-order valence-electron chi connectivity index (χ0n) is 12.0. The highest BCUT2D eigenvalue weighted by Gasteiger charge is 2.34. The highest BCUT2D eigenvalue weighted by molar-refractivity contribution is 5.86. The summed E-state index contributed by atoms with van der Waals surface area (Å²) in [6.07, 6.45) is 6.97. The molecule has 4 nitrogen and oxygen atoms in total. The van der Waals surface area contributed by atoms with Crippen LogP contribution in [0.15, 0.2) is 24.4 Å². The molecule has 1 aromatic carbocycles. The average molecular weight is 272 g/mol. The third kappa shape index (κ3) is 2.09. The van der Waals surface area contributed by atoms with Crippen molar-refractivity contribution in [3.63, 3.8) is 0 Å². The predicted molar refractivity (Wildman–Crippen MR) is 79.9 cm³/mol. The molecule has 1 N–H and O–H groups in total. The molecular formula is C16H20N2O2. The molecule has 1 fully saturated rings. The molecule has 1 heterocycles. The van der Waals surface area contributed by atoms with Crippen LogP contribution in [0, 0.1) is 15.5 Å². The molecule has 0 radical (unpaired) electrons. The van der Waals surface area contributed by atoms with Crippen molar-refractivity contribution in [1.82, 2.24) is 4.98 Å². The number of H-pyrrole nitrogens is 1. The lowest BCUT2D eigenvalue weighted by Crippen LogP contribution is -2.25. The summed E-state index contributed by atoms with van der Waals surface area (Å²) in [4.78, 5) is 13.9. The number of hydrogen-bond acceptors (Lipinski definition) is 2. The highest BCUT2D eigenvalue weighted by atomic mass is 16.6. The van der Waals surface area contributed by atoms with Crippen LogP contribution in [0.5, 0.6) is 0 Å². The van der Waals surface area contributed by atoms with Gasteiger partial charge in [-0.1, -0.05) is 26.7 Å². The summed E-state index contributed by atoms with van der Waals surface area (Å²) >= 11 is 0. The minimum Gasteiger partial charge on any atom is -0.361 e. The lowest BCUT2D eigenvalue weighted by Gasteiger charge is -2.38. The van der Waals surface area contributed by atoms with E-state index in [-0.39, 0.29) is 16.0 Å². The van der Waals surface area contributed by atoms with Gasteiger partial charge in [0.25, 0.3) is 5.69 Å². The van der Waals surface area contributed by atoms with Crippen molar-refractivity contribution < 1.29 is 4.92 Å². The fourth-order valence-corrected chi connectivity index (χ4v) is 3.60. The number of nitro benzene ring substituents is 1. The lowest BCUT2D eigenvalue weighted by atomic mass is 9.66. The van der Waals surface area contributed by atoms with Crippen LogP contribution >= 0.6 is 0 Å². The first-order chi connectivity index (χ1) is 9.49. The van der Waals surface area contributed by atoms with E-state index >= 15 is 0 Å². The third-order valence-corrected chi connectivity index (χ3v) is 4.79. The Labute approximate surface area is 118 Å². The van der Waals surface area contributed by atoms with Gasteiger partial charge in [0.15, 0.2) is 0 Å². The highest BCUT2D eigenvalue weighted by Crippen LogP contribution is 2.48. The summed E-state index contributed by atoms with van der Waals surface area (Å²) in [7, 11) is 0. The van der Waals surface area contributed by atoms with Crippen molar-refractivity contribution in [2.24, 2.45) is 5.41 Å². The van der Waals surface area contributed by atoms with E-state index in [0.29, 0.717) is 5.92 Å². The number of non-ortho nitro benzene ring substituents is 1. The number of benzene rings is 1. The maximum Gasteiger partial charge on any atom is 0.270 e. The molecule has 1 saturated carbocycles. The van der Waals surface area contributed by atoms with E-state index in [1.54, 1.807) is 12.1 Å². The molecular weight excluding hydrogens is 252 g/mol. The van der Waals surface area contributed by atoms with E-state index in [4.69, 9.17) is 0 Å². The van der Waals surface area contributed by atoms with Gasteiger partial charge in [-0.25, -0.2) is 0 Å². The standard InChI is InChI=1S/C16H20N2O2/c1-16(2)8-4-3-5-14(16)13-10-17-15-7-6-11(18(19)20)9-12(13)15/h6-7,9-10,14,17H,3-5,8H2,1-2H3. The minimum atomic E-state index is -0.317. The summed E-state index contributed by atoms with van der Waals surface area (Å²) in [6.45, 7) is 4.63. The normalized spacial score (nSPS) is 22.0. The number of aromatic amines is 1. The van der Waals surface area contributed by atoms with Crippen LogP contribution < -0.4 is 0 Å². The Kier molecular flexibility index (Phi) is 3.04. The van der Waals surface area contributed by atoms with Crippen molar-refractivity contribution >= 4 is 16.6 Å². The van der Waals surface area contributed by atoms with Gasteiger partial charge in [0, 0.05) is 29.2 Å². The summed E-state index contributed by atoms with van der Waals surface area (Å²) in [5.74, 6) is 0.479. The van der Waals surface area contributed by atoms with Gasteiger partial charge in [0.05, 0.1) is 4.92 Å². The van der Waals surface area contributed by atoms with E-state index < -0.39 is 0 Å². The van der Waals surface area contributed by atoms with E-state index in [1.807, 2.05) is 12.3 Å². The Bertz CT molecular complexity index is 658. The van der Waals surface area contributed by atoms with Crippen molar-refractivity contribution in [2.45, 2.75) is 45.4 Å². The number of nitro groups is 1. The van der Waals surface area contributed by atoms with Gasteiger partial charge in [-0.3, -0.25) is 10.1 Å². The van der Waals surface area contributed by atoms with Crippen LogP contribution in [0.1, 0.15) is 51.0 Å². The molecule has 20 heavy (non-hydrogen) atoms. The average Bonchev–Trinajstić information content (AvgIpc) is 2.81. The fourth-order valence-electron chi connectivity index (χ4n) is 3.60. The van der Waals surface area contributed by atoms with E-state index in [1.165, 1.54) is 31.2 Å². The van der Waals surface area contributed by atoms with Gasteiger partial charge in [-0.2, -0.15) is 0 Å². The molecule has 106 valence electrons. The lowest BCUT2D eigenvalue weighted by molar-refractivity contribution is -0.384. The summed E-state index contributed by atoms with van der Waals surface area (Å²) in [5.41, 5.74) is 2.67. The SMILES string of the molecule is CC1(C)CCCCC1c1c[nH]c2ccc([N+](=O)[O-])cc12. The third-order valence-electron chi connectivity index (χ3n) is 4.79. The molecule has 1 unspecified atom stereocenters. The van der Waals surface area contributed by atoms with Gasteiger partial charge < -0.3 is 4.98 Å². The quantitative estimate of drug-likeness (QED) is 0.633. The zero-order valence-corrected chi connectivity index (χ0v) is 12.0. The summed E-state index contributed by atoms with van der Waals surface area (Å²) < 4.78 is 0. The van der Waals surface area contributed by atoms with Gasteiger partial charge in [0.2, 0.25) is 0 Å². The Morgan fingerprint density at radius 3 is 2.85 bits per heavy atom. The molecule has 0 aliphatic heterocycles. The molecule has 1 atom stereocenters. The summed E-state index contributed by atoms with van der Waals surface area (Å²) in [6, 6.07) is 5.09. The molecule has 1 aliphatic carbocycles. The molecule has 1 aliphatic rings. The monoisotopic (exact) mass is 272 g/mol. The summed E-state index contributed by atoms with van der Waals surface area (Å²) in [5, 5.41) is 12.0. The van der Waals surface area contributed by atoms with Crippen molar-refractivity contribution in [3.05, 3.63) is 40.1 Å². The second kappa shape index (κ2) is 4.62. The maximum absolute atomic E-state index is 11.0. The zero-order chi connectivity index (χ0) is 14.3. The largest absolute Gasteiger partial charge is 0.361 e. The van der Waals surface area contributed by atoms with E-state index in [2.05, 4.69) is 18.8 Å². The first kappa shape index (κ1) is 13.2. The van der Waals surface area contributed by atoms with Crippen LogP contribution in [0.3, 0.4) is 0 Å². The number of fused-ring (bicyclic) bond motifs is 1. The van der Waals surface area contributed by atoms with E-state index in [0.717, 1.165) is 10.9 Å². The molecule has 2 aromatic rings. The number of aromatic nitrogens is 1. The number of nitrogens with zero attached hydrogens (tertiary/aromatic N) is 1. The fraction of sp³-hybridized carbons (Fsp3) is 0.500. The number of hydrogen-bond donors (Lipinski definition) is 1. The first-order valence-corrected chi connectivity index (χ1v) is 7.24. The predicted octanol–water partition coefficient (Wildman–Crippen LogP) is 4.76. The second-order valence-electron chi connectivity index (χ2n) is 6.52. The number of nitrogens with one attached hydrogen (secondary N) is 1. The Balaban J connectivity index is 2.11. The van der Waals surface area contributed by atoms with Crippen LogP contribution in [-0.4, -0.2) is 9.91 Å². The molecule has 0 amide bonds. The van der Waals surface area contributed by atoms with Crippen LogP contribution in [-0.2, 0) is 0 Å². The second-order valence-corrected chi connectivity index (χ2v) is 6.52. The molecule has 0 spiro atoms. The topological polar surface area (TPSA) is 58.9 Å². The Morgan fingerprint density at radius 2 is 2.15 bits per heavy atom. The molecule has 4 heteroatoms. The Morgan fingerprint density at radius 1 is 1.35 bits per heavy atom. The first-order valence-electron chi connectivity index (χ1n) is 7.24. The van der Waals surface area contributed by atoms with Crippen molar-refractivity contribution in [2.75, 3.05) is 0 Å². The van der Waals surface area contributed by atoms with Crippen molar-refractivity contribution in [1.29, 1.82) is 0 Å². The molecule has 0 bridgehead atoms. The number of rotatable bonds is 2. The van der Waals surface area contributed by atoms with Crippen molar-refractivity contribution in [3.8, 4) is 0 Å². The van der Waals surface area contributed by atoms with Crippen LogP contribution in [0.25, 0.3) is 10.9 Å². The molecule has 1 aromatic heterocycles. The molecule has 0 saturated heterocycles. The maximum atomic E-state index is 11.0. The van der Waals surface area contributed by atoms with E-state index in [9.17, 15) is 10.1 Å². The van der Waals surface area contributed by atoms with Crippen LogP contribution in [0.2, 0.25) is 0 Å². The Hall–Kier alpha value is -1.84. The van der Waals surface area contributed by atoms with Gasteiger partial charge in [0.1, 0.15) is 0 Å². The minimum absolute atomic E-state index is 0.173.